The summed E-state index contributed by atoms with van der Waals surface area (Å²) in [6, 6.07) is 11.9. The Labute approximate surface area is 157 Å². The van der Waals surface area contributed by atoms with E-state index < -0.39 is 0 Å². The van der Waals surface area contributed by atoms with Crippen molar-refractivity contribution in [2.24, 2.45) is 5.73 Å². The van der Waals surface area contributed by atoms with Crippen LogP contribution in [0.4, 0.5) is 5.82 Å². The van der Waals surface area contributed by atoms with Crippen molar-refractivity contribution in [2.45, 2.75) is 38.0 Å². The van der Waals surface area contributed by atoms with Gasteiger partial charge in [0, 0.05) is 36.4 Å². The van der Waals surface area contributed by atoms with Crippen LogP contribution >= 0.6 is 0 Å². The van der Waals surface area contributed by atoms with Crippen molar-refractivity contribution >= 4 is 5.82 Å². The van der Waals surface area contributed by atoms with Crippen LogP contribution in [0.2, 0.25) is 0 Å². The zero-order valence-corrected chi connectivity index (χ0v) is 15.1. The highest BCUT2D eigenvalue weighted by Crippen LogP contribution is 2.35. The normalized spacial score (nSPS) is 18.9. The highest BCUT2D eigenvalue weighted by atomic mass is 16.5. The van der Waals surface area contributed by atoms with Crippen molar-refractivity contribution in [2.75, 3.05) is 12.4 Å². The van der Waals surface area contributed by atoms with Gasteiger partial charge in [-0.1, -0.05) is 23.4 Å². The summed E-state index contributed by atoms with van der Waals surface area (Å²) >= 11 is 0. The summed E-state index contributed by atoms with van der Waals surface area (Å²) in [7, 11) is 1.63. The van der Waals surface area contributed by atoms with E-state index in [-0.39, 0.29) is 6.04 Å². The molecule has 0 amide bonds. The maximum atomic E-state index is 5.92. The van der Waals surface area contributed by atoms with Crippen molar-refractivity contribution in [1.29, 1.82) is 0 Å². The van der Waals surface area contributed by atoms with E-state index in [0.29, 0.717) is 36.6 Å². The van der Waals surface area contributed by atoms with Gasteiger partial charge in [0.25, 0.3) is 5.89 Å². The number of ether oxygens (including phenoxy) is 1. The summed E-state index contributed by atoms with van der Waals surface area (Å²) in [5.74, 6) is 2.82. The molecule has 1 aliphatic rings. The molecule has 1 aromatic carbocycles. The summed E-state index contributed by atoms with van der Waals surface area (Å²) in [6.45, 7) is 0.769. The number of anilines is 1. The van der Waals surface area contributed by atoms with E-state index in [9.17, 15) is 0 Å². The van der Waals surface area contributed by atoms with Gasteiger partial charge in [-0.25, -0.2) is 9.97 Å². The van der Waals surface area contributed by atoms with Crippen molar-refractivity contribution in [3.8, 4) is 11.5 Å². The third-order valence-electron chi connectivity index (χ3n) is 4.57. The van der Waals surface area contributed by atoms with Gasteiger partial charge in [-0.2, -0.15) is 4.98 Å². The minimum absolute atomic E-state index is 0.267. The summed E-state index contributed by atoms with van der Waals surface area (Å²) in [5.41, 5.74) is 7.81. The molecule has 0 radical (unpaired) electrons. The summed E-state index contributed by atoms with van der Waals surface area (Å²) in [5, 5.41) is 7.28. The van der Waals surface area contributed by atoms with E-state index in [1.807, 2.05) is 36.4 Å². The number of methoxy groups -OCH3 is 1. The van der Waals surface area contributed by atoms with E-state index in [4.69, 9.17) is 15.0 Å². The summed E-state index contributed by atoms with van der Waals surface area (Å²) in [6.07, 6.45) is 1.91. The average molecular weight is 366 g/mol. The van der Waals surface area contributed by atoms with Crippen LogP contribution in [0.3, 0.4) is 0 Å². The Bertz CT molecular complexity index is 892. The quantitative estimate of drug-likeness (QED) is 0.656. The first-order valence-corrected chi connectivity index (χ1v) is 8.95. The van der Waals surface area contributed by atoms with Gasteiger partial charge in [-0.05, 0) is 25.0 Å². The lowest BCUT2D eigenvalue weighted by Gasteiger charge is -2.32. The maximum absolute atomic E-state index is 5.92. The second kappa shape index (κ2) is 7.81. The summed E-state index contributed by atoms with van der Waals surface area (Å²) in [4.78, 5) is 13.5. The molecule has 0 aliphatic heterocycles. The highest BCUT2D eigenvalue weighted by molar-refractivity contribution is 5.52. The standard InChI is InChI=1S/C19H22N6O2/c1-26-11-18-22-15(13-7-14(20)8-13)9-16(23-18)21-10-17-24-19(27-25-17)12-5-3-2-4-6-12/h2-6,9,13-14H,7-8,10-11,20H2,1H3,(H,21,22,23). The molecule has 0 saturated heterocycles. The van der Waals surface area contributed by atoms with Crippen molar-refractivity contribution in [3.63, 3.8) is 0 Å². The molecular formula is C19H22N6O2. The number of nitrogens with two attached hydrogens (primary N) is 1. The van der Waals surface area contributed by atoms with Crippen LogP contribution in [0.5, 0.6) is 0 Å². The molecule has 0 atom stereocenters. The van der Waals surface area contributed by atoms with Crippen LogP contribution in [-0.2, 0) is 17.9 Å². The lowest BCUT2D eigenvalue weighted by Crippen LogP contribution is -2.35. The lowest BCUT2D eigenvalue weighted by molar-refractivity contribution is 0.177. The average Bonchev–Trinajstić information content (AvgIpc) is 3.14. The van der Waals surface area contributed by atoms with Gasteiger partial charge in [0.1, 0.15) is 12.4 Å². The number of aromatic nitrogens is 4. The topological polar surface area (TPSA) is 112 Å². The second-order valence-corrected chi connectivity index (χ2v) is 6.69. The molecule has 0 spiro atoms. The van der Waals surface area contributed by atoms with Gasteiger partial charge < -0.3 is 20.3 Å². The monoisotopic (exact) mass is 366 g/mol. The molecule has 1 saturated carbocycles. The molecule has 4 rings (SSSR count). The maximum Gasteiger partial charge on any atom is 0.257 e. The SMILES string of the molecule is COCc1nc(NCc2noc(-c3ccccc3)n2)cc(C2CC(N)C2)n1. The molecule has 3 N–H and O–H groups in total. The third-order valence-corrected chi connectivity index (χ3v) is 4.57. The number of nitrogens with zero attached hydrogens (tertiary/aromatic N) is 4. The Hall–Kier alpha value is -2.84. The minimum Gasteiger partial charge on any atom is -0.377 e. The fraction of sp³-hybridized carbons (Fsp3) is 0.368. The molecule has 1 fully saturated rings. The minimum atomic E-state index is 0.267. The van der Waals surface area contributed by atoms with Gasteiger partial charge in [0.2, 0.25) is 0 Å². The van der Waals surface area contributed by atoms with Crippen LogP contribution in [0.15, 0.2) is 40.9 Å². The number of hydrogen-bond acceptors (Lipinski definition) is 8. The first kappa shape index (κ1) is 17.6. The Kier molecular flexibility index (Phi) is 5.08. The van der Waals surface area contributed by atoms with E-state index in [2.05, 4.69) is 25.4 Å². The molecular weight excluding hydrogens is 344 g/mol. The largest absolute Gasteiger partial charge is 0.377 e. The molecule has 140 valence electrons. The molecule has 2 aromatic heterocycles. The van der Waals surface area contributed by atoms with Crippen LogP contribution in [-0.4, -0.2) is 33.3 Å². The van der Waals surface area contributed by atoms with Gasteiger partial charge in [0.15, 0.2) is 11.6 Å². The number of hydrogen-bond donors (Lipinski definition) is 2. The van der Waals surface area contributed by atoms with E-state index >= 15 is 0 Å². The van der Waals surface area contributed by atoms with Crippen molar-refractivity contribution in [1.82, 2.24) is 20.1 Å². The van der Waals surface area contributed by atoms with E-state index in [0.717, 1.165) is 29.9 Å². The molecule has 0 bridgehead atoms. The fourth-order valence-corrected chi connectivity index (χ4v) is 3.11. The Balaban J connectivity index is 1.46. The molecule has 3 aromatic rings. The Morgan fingerprint density at radius 3 is 2.70 bits per heavy atom. The second-order valence-electron chi connectivity index (χ2n) is 6.69. The predicted molar refractivity (Wildman–Crippen MR) is 99.8 cm³/mol. The highest BCUT2D eigenvalue weighted by Gasteiger charge is 2.29. The zero-order chi connectivity index (χ0) is 18.6. The van der Waals surface area contributed by atoms with Gasteiger partial charge in [-0.15, -0.1) is 0 Å². The Morgan fingerprint density at radius 2 is 1.96 bits per heavy atom. The lowest BCUT2D eigenvalue weighted by atomic mass is 9.78. The smallest absolute Gasteiger partial charge is 0.257 e. The molecule has 2 heterocycles. The van der Waals surface area contributed by atoms with Crippen molar-refractivity contribution in [3.05, 3.63) is 53.7 Å². The van der Waals surface area contributed by atoms with Crippen LogP contribution in [0.25, 0.3) is 11.5 Å². The van der Waals surface area contributed by atoms with E-state index in [1.165, 1.54) is 0 Å². The van der Waals surface area contributed by atoms with Gasteiger partial charge in [-0.3, -0.25) is 0 Å². The van der Waals surface area contributed by atoms with Crippen molar-refractivity contribution < 1.29 is 9.26 Å². The molecule has 8 nitrogen and oxygen atoms in total. The number of rotatable bonds is 7. The van der Waals surface area contributed by atoms with Crippen LogP contribution < -0.4 is 11.1 Å². The van der Waals surface area contributed by atoms with Gasteiger partial charge >= 0.3 is 0 Å². The van der Waals surface area contributed by atoms with E-state index in [1.54, 1.807) is 7.11 Å². The molecule has 1 aliphatic carbocycles. The molecule has 27 heavy (non-hydrogen) atoms. The Morgan fingerprint density at radius 1 is 1.15 bits per heavy atom. The fourth-order valence-electron chi connectivity index (χ4n) is 3.11. The molecule has 8 heteroatoms. The van der Waals surface area contributed by atoms with Crippen LogP contribution in [0.1, 0.15) is 36.1 Å². The first-order chi connectivity index (χ1) is 13.2. The zero-order valence-electron chi connectivity index (χ0n) is 15.1. The van der Waals surface area contributed by atoms with Crippen LogP contribution in [0, 0.1) is 0 Å². The first-order valence-electron chi connectivity index (χ1n) is 8.95. The number of benzene rings is 1. The number of nitrogens with one attached hydrogen (secondary N) is 1. The predicted octanol–water partition coefficient (Wildman–Crippen LogP) is 2.49. The molecule has 0 unspecified atom stereocenters. The third kappa shape index (κ3) is 4.12. The van der Waals surface area contributed by atoms with Gasteiger partial charge in [0.05, 0.1) is 6.54 Å². The summed E-state index contributed by atoms with van der Waals surface area (Å²) < 4.78 is 10.5.